The molecular weight excluding hydrogens is 104 g/mol. The molecule has 0 aliphatic rings. The van der Waals surface area contributed by atoms with Gasteiger partial charge in [-0.15, -0.1) is 6.07 Å². The van der Waals surface area contributed by atoms with Crippen molar-refractivity contribution in [3.63, 3.8) is 0 Å². The Bertz CT molecular complexity index is 68.2. The zero-order chi connectivity index (χ0) is 3.54. The van der Waals surface area contributed by atoms with E-state index in [9.17, 15) is 0 Å². The van der Waals surface area contributed by atoms with Crippen molar-refractivity contribution in [1.29, 1.82) is 0 Å². The summed E-state index contributed by atoms with van der Waals surface area (Å²) in [7, 11) is 0. The average Bonchev–Trinajstić information content (AvgIpc) is 1.76. The molecule has 0 N–H and O–H groups in total. The van der Waals surface area contributed by atoms with Gasteiger partial charge in [-0.05, 0) is 6.26 Å². The van der Waals surface area contributed by atoms with Crippen molar-refractivity contribution in [2.45, 2.75) is 0 Å². The van der Waals surface area contributed by atoms with Gasteiger partial charge < -0.3 is 5.84 Å². The predicted octanol–water partition coefficient (Wildman–Crippen LogP) is 0.811. The maximum Gasteiger partial charge on any atom is 2.00 e. The summed E-state index contributed by atoms with van der Waals surface area (Å²) in [6, 6.07) is 3.49. The van der Waals surface area contributed by atoms with Gasteiger partial charge in [0.05, 0.1) is 0 Å². The average molecular weight is 108 g/mol. The summed E-state index contributed by atoms with van der Waals surface area (Å²) in [5.41, 5.74) is 0. The fraction of sp³-hybridized carbons (Fsp3) is 0. The third-order valence-electron chi connectivity index (χ3n) is 0.379. The quantitative estimate of drug-likeness (QED) is 0.354. The molecule has 0 aliphatic heterocycles. The largest absolute Gasteiger partial charge is 2.00 e. The van der Waals surface area contributed by atoms with E-state index >= 15 is 0 Å². The summed E-state index contributed by atoms with van der Waals surface area (Å²) >= 11 is 0. The Balaban J connectivity index is 0. The van der Waals surface area contributed by atoms with E-state index in [0.29, 0.717) is 0 Å². The van der Waals surface area contributed by atoms with Crippen LogP contribution in [0, 0.1) is 6.26 Å². The van der Waals surface area contributed by atoms with Gasteiger partial charge in [0.2, 0.25) is 0 Å². The minimum atomic E-state index is 0. The second kappa shape index (κ2) is 3.72. The van der Waals surface area contributed by atoms with Gasteiger partial charge in [0.1, 0.15) is 0 Å². The van der Waals surface area contributed by atoms with E-state index in [4.69, 9.17) is 0 Å². The van der Waals surface area contributed by atoms with E-state index in [1.54, 1.807) is 18.4 Å². The molecule has 0 atom stereocenters. The van der Waals surface area contributed by atoms with Gasteiger partial charge in [-0.25, -0.2) is 0 Å². The molecule has 0 fully saturated rings. The Morgan fingerprint density at radius 3 is 2.67 bits per heavy atom. The SMILES string of the molecule is [Ca+2].[H-].[c-]1ccco1. The number of hydrogen-bond acceptors (Lipinski definition) is 1. The van der Waals surface area contributed by atoms with Crippen LogP contribution in [0.4, 0.5) is 0 Å². The monoisotopic (exact) mass is 108 g/mol. The van der Waals surface area contributed by atoms with Gasteiger partial charge in [0, 0.05) is 0 Å². The van der Waals surface area contributed by atoms with E-state index in [2.05, 4.69) is 10.7 Å². The summed E-state index contributed by atoms with van der Waals surface area (Å²) in [4.78, 5) is 0. The normalized spacial score (nSPS) is 6.67. The molecule has 6 heavy (non-hydrogen) atoms. The van der Waals surface area contributed by atoms with Crippen molar-refractivity contribution in [3.05, 3.63) is 24.7 Å². The molecule has 0 aliphatic carbocycles. The zero-order valence-corrected chi connectivity index (χ0v) is 5.56. The van der Waals surface area contributed by atoms with E-state index in [-0.39, 0.29) is 39.2 Å². The maximum absolute atomic E-state index is 4.46. The molecule has 1 aromatic rings. The maximum atomic E-state index is 4.46. The van der Waals surface area contributed by atoms with Gasteiger partial charge in [0.15, 0.2) is 0 Å². The molecule has 0 saturated carbocycles. The van der Waals surface area contributed by atoms with Crippen molar-refractivity contribution in [3.8, 4) is 0 Å². The molecule has 0 radical (unpaired) electrons. The molecule has 0 unspecified atom stereocenters. The van der Waals surface area contributed by atoms with Crippen molar-refractivity contribution >= 4 is 37.7 Å². The molecule has 0 amide bonds. The third kappa shape index (κ3) is 1.85. The first-order valence-corrected chi connectivity index (χ1v) is 1.40. The van der Waals surface area contributed by atoms with Crippen LogP contribution in [-0.2, 0) is 0 Å². The second-order valence-corrected chi connectivity index (χ2v) is 0.731. The fourth-order valence-corrected chi connectivity index (χ4v) is 0.196. The topological polar surface area (TPSA) is 13.1 Å². The first kappa shape index (κ1) is 6.54. The zero-order valence-electron chi connectivity index (χ0n) is 4.35. The van der Waals surface area contributed by atoms with E-state index < -0.39 is 0 Å². The van der Waals surface area contributed by atoms with Crippen LogP contribution in [0.3, 0.4) is 0 Å². The molecule has 0 spiro atoms. The summed E-state index contributed by atoms with van der Waals surface area (Å²) in [6.07, 6.45) is 4.06. The smallest absolute Gasteiger partial charge is 1.00 e. The number of hydrogen-bond donors (Lipinski definition) is 0. The molecule has 1 aromatic heterocycles. The van der Waals surface area contributed by atoms with Gasteiger partial charge in [-0.1, -0.05) is 6.26 Å². The van der Waals surface area contributed by atoms with Crippen LogP contribution in [0.2, 0.25) is 0 Å². The Labute approximate surface area is 67.8 Å². The molecular formula is C4H4CaO. The van der Waals surface area contributed by atoms with Crippen LogP contribution in [0.15, 0.2) is 22.8 Å². The molecule has 0 bridgehead atoms. The van der Waals surface area contributed by atoms with Crippen LogP contribution in [0.5, 0.6) is 0 Å². The summed E-state index contributed by atoms with van der Waals surface area (Å²) in [5.74, 6) is 0. The van der Waals surface area contributed by atoms with Crippen molar-refractivity contribution in [2.75, 3.05) is 0 Å². The summed E-state index contributed by atoms with van der Waals surface area (Å²) in [5, 5.41) is 0. The van der Waals surface area contributed by atoms with Crippen molar-refractivity contribution < 1.29 is 5.84 Å². The predicted molar refractivity (Wildman–Crippen MR) is 24.4 cm³/mol. The molecule has 0 aromatic carbocycles. The van der Waals surface area contributed by atoms with Crippen molar-refractivity contribution in [2.24, 2.45) is 0 Å². The Hall–Kier alpha value is 0.540. The van der Waals surface area contributed by atoms with Crippen molar-refractivity contribution in [1.82, 2.24) is 0 Å². The fourth-order valence-electron chi connectivity index (χ4n) is 0.196. The van der Waals surface area contributed by atoms with Crippen LogP contribution < -0.4 is 0 Å². The molecule has 0 saturated heterocycles. The van der Waals surface area contributed by atoms with Gasteiger partial charge >= 0.3 is 37.7 Å². The van der Waals surface area contributed by atoms with Crippen LogP contribution >= 0.6 is 0 Å². The van der Waals surface area contributed by atoms with Gasteiger partial charge in [-0.3, -0.25) is 0 Å². The van der Waals surface area contributed by atoms with E-state index in [1.165, 1.54) is 0 Å². The minimum absolute atomic E-state index is 0. The Morgan fingerprint density at radius 2 is 2.50 bits per heavy atom. The standard InChI is InChI=1S/C4H3O.Ca.H/c1-2-4-5-3-1;;/h1-3H;;/q-1;+2;-1. The van der Waals surface area contributed by atoms with Gasteiger partial charge in [-0.2, -0.15) is 6.07 Å². The first-order chi connectivity index (χ1) is 2.50. The Kier molecular flexibility index (Phi) is 4.05. The molecule has 1 rings (SSSR count). The second-order valence-electron chi connectivity index (χ2n) is 0.731. The summed E-state index contributed by atoms with van der Waals surface area (Å²) < 4.78 is 4.46. The summed E-state index contributed by atoms with van der Waals surface area (Å²) in [6.45, 7) is 0. The van der Waals surface area contributed by atoms with Crippen LogP contribution in [-0.4, -0.2) is 37.7 Å². The van der Waals surface area contributed by atoms with Gasteiger partial charge in [0.25, 0.3) is 0 Å². The number of furan rings is 1. The van der Waals surface area contributed by atoms with Crippen LogP contribution in [0.25, 0.3) is 0 Å². The molecule has 2 heteroatoms. The molecule has 1 heterocycles. The van der Waals surface area contributed by atoms with E-state index in [1.807, 2.05) is 0 Å². The Morgan fingerprint density at radius 1 is 1.67 bits per heavy atom. The molecule has 28 valence electrons. The van der Waals surface area contributed by atoms with E-state index in [0.717, 1.165) is 0 Å². The third-order valence-corrected chi connectivity index (χ3v) is 0.379. The first-order valence-electron chi connectivity index (χ1n) is 1.40. The molecule has 1 nitrogen and oxygen atoms in total. The number of rotatable bonds is 0. The minimum Gasteiger partial charge on any atom is -1.00 e. The van der Waals surface area contributed by atoms with Crippen LogP contribution in [0.1, 0.15) is 1.43 Å².